The van der Waals surface area contributed by atoms with Crippen LogP contribution < -0.4 is 10.9 Å². The molecule has 0 fully saturated rings. The van der Waals surface area contributed by atoms with Crippen LogP contribution in [0.5, 0.6) is 0 Å². The van der Waals surface area contributed by atoms with Gasteiger partial charge in [-0.25, -0.2) is 4.98 Å². The van der Waals surface area contributed by atoms with Crippen LogP contribution in [0.25, 0.3) is 10.2 Å². The zero-order chi connectivity index (χ0) is 20.8. The fraction of sp³-hybridized carbons (Fsp3) is 0.320. The van der Waals surface area contributed by atoms with Crippen LogP contribution in [0.3, 0.4) is 0 Å². The summed E-state index contributed by atoms with van der Waals surface area (Å²) in [5.74, 6) is 0. The van der Waals surface area contributed by atoms with Crippen molar-refractivity contribution in [3.63, 3.8) is 0 Å². The Bertz CT molecular complexity index is 1290. The molecule has 0 radical (unpaired) electrons. The minimum absolute atomic E-state index is 0.141. The Morgan fingerprint density at radius 1 is 1.10 bits per heavy atom. The van der Waals surface area contributed by atoms with E-state index in [0.29, 0.717) is 6.04 Å². The number of hydrogen-bond donors (Lipinski definition) is 1. The molecule has 31 heavy (non-hydrogen) atoms. The lowest BCUT2D eigenvalue weighted by Crippen LogP contribution is -2.34. The summed E-state index contributed by atoms with van der Waals surface area (Å²) in [6.45, 7) is 0.825. The summed E-state index contributed by atoms with van der Waals surface area (Å²) in [7, 11) is 0. The molecule has 156 valence electrons. The van der Waals surface area contributed by atoms with Crippen LogP contribution in [0.4, 0.5) is 0 Å². The van der Waals surface area contributed by atoms with Crippen molar-refractivity contribution in [2.45, 2.75) is 50.7 Å². The van der Waals surface area contributed by atoms with E-state index in [4.69, 9.17) is 4.98 Å². The van der Waals surface area contributed by atoms with Gasteiger partial charge in [-0.1, -0.05) is 30.3 Å². The lowest BCUT2D eigenvalue weighted by Gasteiger charge is -2.23. The van der Waals surface area contributed by atoms with Gasteiger partial charge in [0.25, 0.3) is 5.56 Å². The van der Waals surface area contributed by atoms with Crippen LogP contribution in [0, 0.1) is 0 Å². The van der Waals surface area contributed by atoms with Crippen molar-refractivity contribution < 1.29 is 0 Å². The second-order valence-corrected chi connectivity index (χ2v) is 9.74. The Kier molecular flexibility index (Phi) is 4.69. The van der Waals surface area contributed by atoms with Gasteiger partial charge in [0.15, 0.2) is 0 Å². The van der Waals surface area contributed by atoms with E-state index in [1.54, 1.807) is 23.9 Å². The van der Waals surface area contributed by atoms with Crippen LogP contribution >= 0.6 is 11.3 Å². The van der Waals surface area contributed by atoms with Crippen molar-refractivity contribution in [2.24, 2.45) is 0 Å². The maximum absolute atomic E-state index is 13.5. The third kappa shape index (κ3) is 3.40. The van der Waals surface area contributed by atoms with Gasteiger partial charge in [0.2, 0.25) is 0 Å². The van der Waals surface area contributed by atoms with Crippen LogP contribution in [0.15, 0.2) is 59.9 Å². The minimum Gasteiger partial charge on any atom is -0.309 e. The average Bonchev–Trinajstić information content (AvgIpc) is 3.39. The van der Waals surface area contributed by atoms with Crippen LogP contribution in [0.1, 0.15) is 39.6 Å². The van der Waals surface area contributed by atoms with Crippen molar-refractivity contribution in [3.8, 4) is 0 Å². The van der Waals surface area contributed by atoms with Gasteiger partial charge in [-0.3, -0.25) is 14.3 Å². The largest absolute Gasteiger partial charge is 0.309 e. The molecule has 0 bridgehead atoms. The fourth-order valence-electron chi connectivity index (χ4n) is 5.11. The van der Waals surface area contributed by atoms with E-state index in [2.05, 4.69) is 40.6 Å². The number of pyridine rings is 1. The first-order valence-electron chi connectivity index (χ1n) is 11.0. The first-order valence-corrected chi connectivity index (χ1v) is 11.8. The molecule has 0 saturated carbocycles. The first kappa shape index (κ1) is 18.9. The monoisotopic (exact) mass is 428 g/mol. The molecule has 0 unspecified atom stereocenters. The molecular weight excluding hydrogens is 404 g/mol. The van der Waals surface area contributed by atoms with Gasteiger partial charge in [0.05, 0.1) is 11.7 Å². The molecule has 0 aliphatic heterocycles. The quantitative estimate of drug-likeness (QED) is 0.537. The normalized spacial score (nSPS) is 18.3. The average molecular weight is 429 g/mol. The molecule has 1 N–H and O–H groups in total. The highest BCUT2D eigenvalue weighted by Crippen LogP contribution is 2.35. The second kappa shape index (κ2) is 7.70. The van der Waals surface area contributed by atoms with E-state index in [1.807, 2.05) is 16.8 Å². The highest BCUT2D eigenvalue weighted by atomic mass is 32.1. The number of nitrogens with zero attached hydrogens (tertiary/aromatic N) is 3. The molecule has 1 aromatic carbocycles. The molecule has 2 aliphatic carbocycles. The van der Waals surface area contributed by atoms with Crippen molar-refractivity contribution >= 4 is 21.6 Å². The summed E-state index contributed by atoms with van der Waals surface area (Å²) in [5, 5.41) is 4.53. The van der Waals surface area contributed by atoms with E-state index in [-0.39, 0.29) is 11.6 Å². The summed E-state index contributed by atoms with van der Waals surface area (Å²) >= 11 is 1.70. The number of hydrogen-bond acceptors (Lipinski definition) is 5. The molecule has 3 heterocycles. The number of benzene rings is 1. The molecule has 0 saturated heterocycles. The molecular formula is C25H24N4OS. The molecule has 6 heteroatoms. The first-order chi connectivity index (χ1) is 15.3. The summed E-state index contributed by atoms with van der Waals surface area (Å²) < 4.78 is 1.89. The Morgan fingerprint density at radius 3 is 2.71 bits per heavy atom. The van der Waals surface area contributed by atoms with E-state index < -0.39 is 0 Å². The Morgan fingerprint density at radius 2 is 1.94 bits per heavy atom. The standard InChI is InChI=1S/C25H24N4OS/c30-25-23-21-8-7-19(27-14-16-4-3-9-26-13-16)12-22(21)31-24(23)28-15-29(25)20-10-17-5-1-2-6-18(17)11-20/h1-6,9,13,15,19-20,27H,7-8,10-12,14H2/t19-/m0/s1. The van der Waals surface area contributed by atoms with Crippen LogP contribution in [-0.4, -0.2) is 20.6 Å². The third-order valence-corrected chi connectivity index (χ3v) is 7.90. The van der Waals surface area contributed by atoms with Gasteiger partial charge in [-0.05, 0) is 60.4 Å². The summed E-state index contributed by atoms with van der Waals surface area (Å²) in [6, 6.07) is 13.2. The van der Waals surface area contributed by atoms with Crippen molar-refractivity contribution in [1.29, 1.82) is 0 Å². The lowest BCUT2D eigenvalue weighted by molar-refractivity contribution is 0.462. The molecule has 0 amide bonds. The summed E-state index contributed by atoms with van der Waals surface area (Å²) in [5.41, 5.74) is 5.29. The summed E-state index contributed by atoms with van der Waals surface area (Å²) in [4.78, 5) is 24.6. The molecule has 3 aromatic heterocycles. The highest BCUT2D eigenvalue weighted by Gasteiger charge is 2.28. The zero-order valence-corrected chi connectivity index (χ0v) is 18.1. The number of rotatable bonds is 4. The number of fused-ring (bicyclic) bond motifs is 4. The van der Waals surface area contributed by atoms with E-state index in [9.17, 15) is 4.79 Å². The predicted octanol–water partition coefficient (Wildman–Crippen LogP) is 3.84. The van der Waals surface area contributed by atoms with Crippen LogP contribution in [-0.2, 0) is 32.2 Å². The van der Waals surface area contributed by atoms with E-state index >= 15 is 0 Å². The van der Waals surface area contributed by atoms with Crippen molar-refractivity contribution in [1.82, 2.24) is 19.9 Å². The molecule has 6 rings (SSSR count). The Labute approximate surface area is 184 Å². The Balaban J connectivity index is 1.26. The number of aryl methyl sites for hydroxylation is 1. The highest BCUT2D eigenvalue weighted by molar-refractivity contribution is 7.18. The van der Waals surface area contributed by atoms with Gasteiger partial charge in [0, 0.05) is 35.9 Å². The summed E-state index contributed by atoms with van der Waals surface area (Å²) in [6.07, 6.45) is 10.3. The molecule has 4 aromatic rings. The van der Waals surface area contributed by atoms with E-state index in [1.165, 1.54) is 27.1 Å². The lowest BCUT2D eigenvalue weighted by atomic mass is 9.93. The third-order valence-electron chi connectivity index (χ3n) is 6.73. The van der Waals surface area contributed by atoms with Gasteiger partial charge < -0.3 is 5.32 Å². The van der Waals surface area contributed by atoms with Crippen molar-refractivity contribution in [2.75, 3.05) is 0 Å². The number of thiophene rings is 1. The fourth-order valence-corrected chi connectivity index (χ4v) is 6.37. The molecule has 5 nitrogen and oxygen atoms in total. The molecule has 2 aliphatic rings. The predicted molar refractivity (Wildman–Crippen MR) is 124 cm³/mol. The topological polar surface area (TPSA) is 59.8 Å². The maximum Gasteiger partial charge on any atom is 0.262 e. The minimum atomic E-state index is 0.141. The SMILES string of the molecule is O=c1c2c3c(sc2ncn1C1Cc2ccccc2C1)C[C@@H](NCc1cccnc1)CC3. The number of nitrogens with one attached hydrogen (secondary N) is 1. The molecule has 1 atom stereocenters. The van der Waals surface area contributed by atoms with Gasteiger partial charge in [-0.2, -0.15) is 0 Å². The second-order valence-electron chi connectivity index (χ2n) is 8.65. The van der Waals surface area contributed by atoms with Gasteiger partial charge in [-0.15, -0.1) is 11.3 Å². The van der Waals surface area contributed by atoms with Crippen LogP contribution in [0.2, 0.25) is 0 Å². The smallest absolute Gasteiger partial charge is 0.262 e. The van der Waals surface area contributed by atoms with Crippen molar-refractivity contribution in [3.05, 3.63) is 92.6 Å². The van der Waals surface area contributed by atoms with Gasteiger partial charge in [0.1, 0.15) is 4.83 Å². The maximum atomic E-state index is 13.5. The zero-order valence-electron chi connectivity index (χ0n) is 17.3. The van der Waals surface area contributed by atoms with Gasteiger partial charge >= 0.3 is 0 Å². The number of aromatic nitrogens is 3. The molecule has 0 spiro atoms. The van der Waals surface area contributed by atoms with E-state index in [0.717, 1.165) is 48.9 Å². The Hall–Kier alpha value is -2.83.